The number of benzene rings is 1. The van der Waals surface area contributed by atoms with Crippen LogP contribution in [-0.4, -0.2) is 28.4 Å². The number of aliphatic hydroxyl groups excluding tert-OH is 1. The van der Waals surface area contributed by atoms with Crippen LogP contribution in [0.15, 0.2) is 24.3 Å². The maximum Gasteiger partial charge on any atom is 0.412 e. The summed E-state index contributed by atoms with van der Waals surface area (Å²) in [6.07, 6.45) is 0.132. The minimum absolute atomic E-state index is 0.173. The quantitative estimate of drug-likeness (QED) is 0.849. The number of carbonyl (C=O) groups excluding carboxylic acids is 1. The number of aryl methyl sites for hydroxylation is 1. The molecular formula is C13H15NO3. The Hall–Kier alpha value is -1.55. The Morgan fingerprint density at radius 3 is 2.71 bits per heavy atom. The fourth-order valence-electron chi connectivity index (χ4n) is 2.33. The van der Waals surface area contributed by atoms with Crippen molar-refractivity contribution in [3.05, 3.63) is 35.4 Å². The van der Waals surface area contributed by atoms with Gasteiger partial charge in [-0.2, -0.15) is 0 Å². The van der Waals surface area contributed by atoms with E-state index in [1.54, 1.807) is 0 Å². The largest absolute Gasteiger partial charge is 0.436 e. The molecule has 2 atom stereocenters. The molecule has 1 saturated heterocycles. The van der Waals surface area contributed by atoms with Crippen molar-refractivity contribution in [2.24, 2.45) is 0 Å². The Labute approximate surface area is 99.8 Å². The predicted octanol–water partition coefficient (Wildman–Crippen LogP) is 1.97. The zero-order valence-electron chi connectivity index (χ0n) is 9.67. The number of ether oxygens (including phenoxy) is 1. The molecule has 3 rings (SSSR count). The molecule has 1 aliphatic heterocycles. The van der Waals surface area contributed by atoms with Crippen molar-refractivity contribution in [3.8, 4) is 0 Å². The van der Waals surface area contributed by atoms with E-state index in [0.717, 1.165) is 24.0 Å². The maximum atomic E-state index is 11.7. The van der Waals surface area contributed by atoms with Gasteiger partial charge in [0.1, 0.15) is 0 Å². The van der Waals surface area contributed by atoms with Gasteiger partial charge in [0.15, 0.2) is 12.3 Å². The standard InChI is InChI=1S/C13H15NO3/c1-8-4-2-3-5-10(8)11-12(15)14(9-6-7-9)13(16)17-11/h2-5,9,11-12,15H,6-7H2,1H3. The molecule has 1 aliphatic carbocycles. The predicted molar refractivity (Wildman–Crippen MR) is 61.3 cm³/mol. The van der Waals surface area contributed by atoms with Crippen molar-refractivity contribution < 1.29 is 14.6 Å². The number of carbonyl (C=O) groups is 1. The second kappa shape index (κ2) is 3.74. The first-order chi connectivity index (χ1) is 8.18. The first-order valence-electron chi connectivity index (χ1n) is 5.91. The normalized spacial score (nSPS) is 28.4. The molecule has 1 N–H and O–H groups in total. The first-order valence-corrected chi connectivity index (χ1v) is 5.91. The Morgan fingerprint density at radius 2 is 2.06 bits per heavy atom. The third-order valence-electron chi connectivity index (χ3n) is 3.43. The van der Waals surface area contributed by atoms with Crippen LogP contribution in [-0.2, 0) is 4.74 Å². The van der Waals surface area contributed by atoms with Crippen LogP contribution in [0, 0.1) is 6.92 Å². The van der Waals surface area contributed by atoms with Crippen LogP contribution < -0.4 is 0 Å². The molecule has 1 aromatic carbocycles. The van der Waals surface area contributed by atoms with Gasteiger partial charge in [0.05, 0.1) is 0 Å². The smallest absolute Gasteiger partial charge is 0.412 e. The lowest BCUT2D eigenvalue weighted by Crippen LogP contribution is -2.35. The van der Waals surface area contributed by atoms with Gasteiger partial charge in [-0.05, 0) is 25.3 Å². The third-order valence-corrected chi connectivity index (χ3v) is 3.43. The maximum absolute atomic E-state index is 11.7. The topological polar surface area (TPSA) is 49.8 Å². The van der Waals surface area contributed by atoms with Gasteiger partial charge in [-0.15, -0.1) is 0 Å². The van der Waals surface area contributed by atoms with Crippen LogP contribution in [0.2, 0.25) is 0 Å². The lowest BCUT2D eigenvalue weighted by Gasteiger charge is -2.19. The number of aliphatic hydroxyl groups is 1. The van der Waals surface area contributed by atoms with E-state index in [1.807, 2.05) is 31.2 Å². The number of cyclic esters (lactones) is 1. The Balaban J connectivity index is 1.90. The molecule has 4 nitrogen and oxygen atoms in total. The minimum Gasteiger partial charge on any atom is -0.436 e. The number of rotatable bonds is 2. The molecule has 1 amide bonds. The van der Waals surface area contributed by atoms with Crippen molar-refractivity contribution in [2.45, 2.75) is 38.1 Å². The monoisotopic (exact) mass is 233 g/mol. The van der Waals surface area contributed by atoms with Gasteiger partial charge in [-0.3, -0.25) is 4.90 Å². The lowest BCUT2D eigenvalue weighted by molar-refractivity contribution is 0.0103. The summed E-state index contributed by atoms with van der Waals surface area (Å²) in [5.41, 5.74) is 1.92. The van der Waals surface area contributed by atoms with Gasteiger partial charge in [-0.25, -0.2) is 4.79 Å². The molecule has 2 fully saturated rings. The first kappa shape index (κ1) is 10.6. The second-order valence-corrected chi connectivity index (χ2v) is 4.71. The summed E-state index contributed by atoms with van der Waals surface area (Å²) in [6, 6.07) is 7.85. The van der Waals surface area contributed by atoms with Crippen molar-refractivity contribution in [1.82, 2.24) is 4.90 Å². The Morgan fingerprint density at radius 1 is 1.35 bits per heavy atom. The molecule has 0 bridgehead atoms. The second-order valence-electron chi connectivity index (χ2n) is 4.71. The highest BCUT2D eigenvalue weighted by Gasteiger charge is 2.48. The van der Waals surface area contributed by atoms with E-state index in [1.165, 1.54) is 4.90 Å². The molecule has 1 saturated carbocycles. The summed E-state index contributed by atoms with van der Waals surface area (Å²) in [5.74, 6) is 0. The lowest BCUT2D eigenvalue weighted by atomic mass is 10.0. The molecule has 17 heavy (non-hydrogen) atoms. The van der Waals surface area contributed by atoms with Gasteiger partial charge < -0.3 is 9.84 Å². The summed E-state index contributed by atoms with van der Waals surface area (Å²) in [7, 11) is 0. The molecule has 0 aromatic heterocycles. The summed E-state index contributed by atoms with van der Waals surface area (Å²) in [5, 5.41) is 10.2. The summed E-state index contributed by atoms with van der Waals surface area (Å²) in [6.45, 7) is 1.95. The van der Waals surface area contributed by atoms with Crippen LogP contribution >= 0.6 is 0 Å². The van der Waals surface area contributed by atoms with Gasteiger partial charge in [0.25, 0.3) is 0 Å². The van der Waals surface area contributed by atoms with E-state index >= 15 is 0 Å². The summed E-state index contributed by atoms with van der Waals surface area (Å²) < 4.78 is 5.29. The summed E-state index contributed by atoms with van der Waals surface area (Å²) in [4.78, 5) is 13.2. The molecule has 1 heterocycles. The third kappa shape index (κ3) is 1.69. The van der Waals surface area contributed by atoms with E-state index < -0.39 is 18.4 Å². The number of hydrogen-bond donors (Lipinski definition) is 1. The van der Waals surface area contributed by atoms with Crippen LogP contribution in [0.25, 0.3) is 0 Å². The van der Waals surface area contributed by atoms with E-state index in [9.17, 15) is 9.90 Å². The molecule has 0 radical (unpaired) electrons. The summed E-state index contributed by atoms with van der Waals surface area (Å²) >= 11 is 0. The molecule has 2 aliphatic rings. The SMILES string of the molecule is Cc1ccccc1C1OC(=O)N(C2CC2)C1O. The number of nitrogens with zero attached hydrogens (tertiary/aromatic N) is 1. The average molecular weight is 233 g/mol. The average Bonchev–Trinajstić information content (AvgIpc) is 3.07. The highest BCUT2D eigenvalue weighted by Crippen LogP contribution is 2.39. The van der Waals surface area contributed by atoms with Gasteiger partial charge >= 0.3 is 6.09 Å². The van der Waals surface area contributed by atoms with Crippen molar-refractivity contribution >= 4 is 6.09 Å². The number of amides is 1. The van der Waals surface area contributed by atoms with E-state index in [4.69, 9.17) is 4.74 Å². The van der Waals surface area contributed by atoms with Crippen molar-refractivity contribution in [3.63, 3.8) is 0 Å². The van der Waals surface area contributed by atoms with E-state index in [0.29, 0.717) is 0 Å². The highest BCUT2D eigenvalue weighted by molar-refractivity contribution is 5.71. The Bertz CT molecular complexity index is 456. The van der Waals surface area contributed by atoms with Crippen LogP contribution in [0.1, 0.15) is 30.1 Å². The van der Waals surface area contributed by atoms with Crippen LogP contribution in [0.4, 0.5) is 4.79 Å². The molecule has 2 unspecified atom stereocenters. The zero-order chi connectivity index (χ0) is 12.0. The van der Waals surface area contributed by atoms with Crippen LogP contribution in [0.5, 0.6) is 0 Å². The Kier molecular flexibility index (Phi) is 2.33. The van der Waals surface area contributed by atoms with E-state index in [2.05, 4.69) is 0 Å². The van der Waals surface area contributed by atoms with Crippen molar-refractivity contribution in [2.75, 3.05) is 0 Å². The van der Waals surface area contributed by atoms with Gasteiger partial charge in [0.2, 0.25) is 0 Å². The fourth-order valence-corrected chi connectivity index (χ4v) is 2.33. The van der Waals surface area contributed by atoms with E-state index in [-0.39, 0.29) is 6.04 Å². The van der Waals surface area contributed by atoms with Gasteiger partial charge in [-0.1, -0.05) is 24.3 Å². The highest BCUT2D eigenvalue weighted by atomic mass is 16.6. The molecule has 90 valence electrons. The fraction of sp³-hybridized carbons (Fsp3) is 0.462. The van der Waals surface area contributed by atoms with Crippen molar-refractivity contribution in [1.29, 1.82) is 0 Å². The molecule has 4 heteroatoms. The molecule has 0 spiro atoms. The zero-order valence-corrected chi connectivity index (χ0v) is 9.67. The van der Waals surface area contributed by atoms with Crippen LogP contribution in [0.3, 0.4) is 0 Å². The molecule has 1 aromatic rings. The molecular weight excluding hydrogens is 218 g/mol. The number of hydrogen-bond acceptors (Lipinski definition) is 3. The minimum atomic E-state index is -0.851. The van der Waals surface area contributed by atoms with Gasteiger partial charge in [0, 0.05) is 11.6 Å².